The molecule has 0 saturated carbocycles. The van der Waals surface area contributed by atoms with Gasteiger partial charge in [-0.15, -0.1) is 10.2 Å². The third kappa shape index (κ3) is 6.35. The molecule has 1 aromatic heterocycles. The van der Waals surface area contributed by atoms with E-state index in [1.807, 2.05) is 30.3 Å². The molecule has 3 rings (SSSR count). The molecule has 2 aromatic rings. The van der Waals surface area contributed by atoms with Gasteiger partial charge in [0, 0.05) is 32.1 Å². The van der Waals surface area contributed by atoms with Gasteiger partial charge < -0.3 is 14.5 Å². The van der Waals surface area contributed by atoms with Crippen LogP contribution < -0.4 is 0 Å². The predicted molar refractivity (Wildman–Crippen MR) is 116 cm³/mol. The summed E-state index contributed by atoms with van der Waals surface area (Å²) in [6, 6.07) is 9.57. The Kier molecular flexibility index (Phi) is 8.29. The van der Waals surface area contributed by atoms with E-state index in [-0.39, 0.29) is 36.7 Å². The van der Waals surface area contributed by atoms with Gasteiger partial charge in [-0.25, -0.2) is 0 Å². The van der Waals surface area contributed by atoms with Gasteiger partial charge in [0.2, 0.25) is 17.6 Å². The first-order valence-electron chi connectivity index (χ1n) is 11.0. The Balaban J connectivity index is 1.37. The van der Waals surface area contributed by atoms with Crippen molar-refractivity contribution in [3.8, 4) is 11.4 Å². The van der Waals surface area contributed by atoms with E-state index in [2.05, 4.69) is 15.4 Å². The molecule has 172 valence electrons. The van der Waals surface area contributed by atoms with Gasteiger partial charge in [0.1, 0.15) is 0 Å². The van der Waals surface area contributed by atoms with Gasteiger partial charge in [0.05, 0.1) is 25.6 Å². The standard InChI is InChI=1S/C22H30N6O4/c1-3-32-22(31)18-11-14-27(15-12-18)20(30)16-26(2)19(29)10-7-13-28-24-21(23-25-28)17-8-5-4-6-9-17/h4-6,8-9,18H,3,7,10-16H2,1-2H3. The number of nitrogens with zero attached hydrogens (tertiary/aromatic N) is 6. The van der Waals surface area contributed by atoms with Crippen molar-refractivity contribution in [3.05, 3.63) is 30.3 Å². The number of hydrogen-bond donors (Lipinski definition) is 0. The quantitative estimate of drug-likeness (QED) is 0.540. The van der Waals surface area contributed by atoms with Crippen LogP contribution in [0.3, 0.4) is 0 Å². The SMILES string of the molecule is CCOC(=O)C1CCN(C(=O)CN(C)C(=O)CCCn2nnc(-c3ccccc3)n2)CC1. The summed E-state index contributed by atoms with van der Waals surface area (Å²) in [5.41, 5.74) is 0.888. The molecule has 1 saturated heterocycles. The van der Waals surface area contributed by atoms with Crippen molar-refractivity contribution < 1.29 is 19.1 Å². The molecule has 0 bridgehead atoms. The summed E-state index contributed by atoms with van der Waals surface area (Å²) in [5, 5.41) is 12.4. The van der Waals surface area contributed by atoms with Crippen molar-refractivity contribution in [2.75, 3.05) is 33.3 Å². The first-order chi connectivity index (χ1) is 15.5. The lowest BCUT2D eigenvalue weighted by molar-refractivity contribution is -0.151. The minimum Gasteiger partial charge on any atom is -0.466 e. The zero-order valence-electron chi connectivity index (χ0n) is 18.6. The second-order valence-corrected chi connectivity index (χ2v) is 7.84. The number of carbonyl (C=O) groups is 3. The van der Waals surface area contributed by atoms with Gasteiger partial charge in [0.25, 0.3) is 0 Å². The van der Waals surface area contributed by atoms with E-state index in [1.54, 1.807) is 18.9 Å². The monoisotopic (exact) mass is 442 g/mol. The highest BCUT2D eigenvalue weighted by atomic mass is 16.5. The molecule has 10 nitrogen and oxygen atoms in total. The fourth-order valence-electron chi connectivity index (χ4n) is 3.62. The summed E-state index contributed by atoms with van der Waals surface area (Å²) < 4.78 is 5.06. The van der Waals surface area contributed by atoms with E-state index < -0.39 is 0 Å². The van der Waals surface area contributed by atoms with Crippen molar-refractivity contribution >= 4 is 17.8 Å². The van der Waals surface area contributed by atoms with Crippen molar-refractivity contribution in [1.29, 1.82) is 0 Å². The maximum atomic E-state index is 12.5. The molecule has 1 aliphatic heterocycles. The normalized spacial score (nSPS) is 14.2. The number of rotatable bonds is 9. The maximum absolute atomic E-state index is 12.5. The number of likely N-dealkylation sites (tertiary alicyclic amines) is 1. The van der Waals surface area contributed by atoms with E-state index in [9.17, 15) is 14.4 Å². The molecular formula is C22H30N6O4. The number of benzene rings is 1. The predicted octanol–water partition coefficient (Wildman–Crippen LogP) is 1.38. The molecule has 0 spiro atoms. The second-order valence-electron chi connectivity index (χ2n) is 7.84. The molecule has 32 heavy (non-hydrogen) atoms. The summed E-state index contributed by atoms with van der Waals surface area (Å²) >= 11 is 0. The number of carbonyl (C=O) groups excluding carboxylic acids is 3. The Morgan fingerprint density at radius 2 is 1.88 bits per heavy atom. The minimum absolute atomic E-state index is 0.0304. The van der Waals surface area contributed by atoms with E-state index in [1.165, 1.54) is 9.70 Å². The van der Waals surface area contributed by atoms with Crippen LogP contribution in [0.1, 0.15) is 32.6 Å². The van der Waals surface area contributed by atoms with Crippen molar-refractivity contribution in [1.82, 2.24) is 30.0 Å². The molecule has 1 aliphatic rings. The summed E-state index contributed by atoms with van der Waals surface area (Å²) in [5.74, 6) is -0.000972. The highest BCUT2D eigenvalue weighted by molar-refractivity contribution is 5.85. The Morgan fingerprint density at radius 3 is 2.56 bits per heavy atom. The van der Waals surface area contributed by atoms with Crippen LogP contribution in [0.2, 0.25) is 0 Å². The number of aryl methyl sites for hydroxylation is 1. The largest absolute Gasteiger partial charge is 0.466 e. The zero-order chi connectivity index (χ0) is 22.9. The van der Waals surface area contributed by atoms with E-state index >= 15 is 0 Å². The smallest absolute Gasteiger partial charge is 0.309 e. The van der Waals surface area contributed by atoms with E-state index in [0.717, 1.165) is 5.56 Å². The topological polar surface area (TPSA) is 111 Å². The Morgan fingerprint density at radius 1 is 1.16 bits per heavy atom. The highest BCUT2D eigenvalue weighted by Gasteiger charge is 2.28. The van der Waals surface area contributed by atoms with Crippen LogP contribution in [0.5, 0.6) is 0 Å². The van der Waals surface area contributed by atoms with Gasteiger partial charge in [-0.05, 0) is 31.4 Å². The average Bonchev–Trinajstić information content (AvgIpc) is 3.28. The fourth-order valence-corrected chi connectivity index (χ4v) is 3.62. The third-order valence-corrected chi connectivity index (χ3v) is 5.50. The number of esters is 1. The Hall–Kier alpha value is -3.30. The summed E-state index contributed by atoms with van der Waals surface area (Å²) in [4.78, 5) is 41.4. The van der Waals surface area contributed by atoms with Crippen LogP contribution >= 0.6 is 0 Å². The van der Waals surface area contributed by atoms with Crippen LogP contribution in [0.15, 0.2) is 30.3 Å². The number of aromatic nitrogens is 4. The Labute approximate surface area is 187 Å². The summed E-state index contributed by atoms with van der Waals surface area (Å²) in [6.45, 7) is 3.66. The number of likely N-dealkylation sites (N-methyl/N-ethyl adjacent to an activating group) is 1. The van der Waals surface area contributed by atoms with Crippen LogP contribution in [-0.2, 0) is 25.7 Å². The maximum Gasteiger partial charge on any atom is 0.309 e. The van der Waals surface area contributed by atoms with Crippen LogP contribution in [0.4, 0.5) is 0 Å². The molecule has 2 heterocycles. The lowest BCUT2D eigenvalue weighted by Gasteiger charge is -2.32. The molecule has 10 heteroatoms. The van der Waals surface area contributed by atoms with E-state index in [4.69, 9.17) is 4.74 Å². The molecule has 2 amide bonds. The lowest BCUT2D eigenvalue weighted by Crippen LogP contribution is -2.45. The molecule has 0 N–H and O–H groups in total. The van der Waals surface area contributed by atoms with Crippen LogP contribution in [0, 0.1) is 5.92 Å². The first-order valence-corrected chi connectivity index (χ1v) is 11.0. The molecule has 1 fully saturated rings. The Bertz CT molecular complexity index is 908. The minimum atomic E-state index is -0.190. The molecular weight excluding hydrogens is 412 g/mol. The number of tetrazole rings is 1. The van der Waals surface area contributed by atoms with Crippen LogP contribution in [0.25, 0.3) is 11.4 Å². The third-order valence-electron chi connectivity index (χ3n) is 5.50. The van der Waals surface area contributed by atoms with Crippen molar-refractivity contribution in [3.63, 3.8) is 0 Å². The fraction of sp³-hybridized carbons (Fsp3) is 0.545. The van der Waals surface area contributed by atoms with Crippen LogP contribution in [-0.4, -0.2) is 81.1 Å². The molecule has 0 radical (unpaired) electrons. The first kappa shape index (κ1) is 23.4. The lowest BCUT2D eigenvalue weighted by atomic mass is 9.97. The molecule has 0 atom stereocenters. The van der Waals surface area contributed by atoms with Gasteiger partial charge in [-0.3, -0.25) is 14.4 Å². The molecule has 1 aromatic carbocycles. The number of ether oxygens (including phenoxy) is 1. The van der Waals surface area contributed by atoms with Gasteiger partial charge in [-0.1, -0.05) is 30.3 Å². The van der Waals surface area contributed by atoms with Crippen molar-refractivity contribution in [2.24, 2.45) is 5.92 Å². The van der Waals surface area contributed by atoms with Gasteiger partial charge >= 0.3 is 5.97 Å². The second kappa shape index (κ2) is 11.4. The highest BCUT2D eigenvalue weighted by Crippen LogP contribution is 2.19. The van der Waals surface area contributed by atoms with Crippen molar-refractivity contribution in [2.45, 2.75) is 39.2 Å². The number of amides is 2. The average molecular weight is 443 g/mol. The summed E-state index contributed by atoms with van der Waals surface area (Å²) in [6.07, 6.45) is 2.03. The number of hydrogen-bond acceptors (Lipinski definition) is 7. The molecule has 0 unspecified atom stereocenters. The van der Waals surface area contributed by atoms with Gasteiger partial charge in [-0.2, -0.15) is 4.80 Å². The summed E-state index contributed by atoms with van der Waals surface area (Å²) in [7, 11) is 1.63. The van der Waals surface area contributed by atoms with E-state index in [0.29, 0.717) is 51.3 Å². The number of piperidine rings is 1. The van der Waals surface area contributed by atoms with Gasteiger partial charge in [0.15, 0.2) is 0 Å². The zero-order valence-corrected chi connectivity index (χ0v) is 18.6. The molecule has 0 aliphatic carbocycles.